The number of hydrogen-bond donors (Lipinski definition) is 1. The maximum Gasteiger partial charge on any atom is 0.305 e. The predicted octanol–water partition coefficient (Wildman–Crippen LogP) is 1.32. The zero-order chi connectivity index (χ0) is 16.5. The Kier molecular flexibility index (Phi) is 6.80. The molecular weight excluding hydrogens is 300 g/mol. The molecule has 1 aliphatic heterocycles. The van der Waals surface area contributed by atoms with E-state index < -0.39 is 0 Å². The number of carbonyl (C=O) groups excluding carboxylic acids is 2. The fourth-order valence-electron chi connectivity index (χ4n) is 2.19. The highest BCUT2D eigenvalue weighted by Gasteiger charge is 2.16. The number of esters is 1. The van der Waals surface area contributed by atoms with Gasteiger partial charge in [-0.3, -0.25) is 9.59 Å². The lowest BCUT2D eigenvalue weighted by Gasteiger charge is -2.22. The summed E-state index contributed by atoms with van der Waals surface area (Å²) in [4.78, 5) is 27.1. The lowest BCUT2D eigenvalue weighted by molar-refractivity contribution is -0.140. The van der Waals surface area contributed by atoms with Crippen LogP contribution in [0.15, 0.2) is 18.3 Å². The number of aromatic nitrogens is 1. The SMILES string of the molecule is COC(=O)CCCNC(=O)c1ccc(OC2CCOCC2)nc1. The van der Waals surface area contributed by atoms with Crippen molar-refractivity contribution in [2.45, 2.75) is 31.8 Å². The van der Waals surface area contributed by atoms with Gasteiger partial charge in [-0.2, -0.15) is 0 Å². The number of carbonyl (C=O) groups is 2. The molecule has 0 radical (unpaired) electrons. The van der Waals surface area contributed by atoms with E-state index in [1.54, 1.807) is 12.1 Å². The lowest BCUT2D eigenvalue weighted by Crippen LogP contribution is -2.26. The minimum absolute atomic E-state index is 0.120. The Bertz CT molecular complexity index is 512. The molecule has 7 heteroatoms. The number of amides is 1. The first-order chi connectivity index (χ1) is 11.2. The number of nitrogens with one attached hydrogen (secondary N) is 1. The molecule has 2 rings (SSSR count). The normalized spacial score (nSPS) is 15.0. The summed E-state index contributed by atoms with van der Waals surface area (Å²) in [6.07, 6.45) is 4.14. The summed E-state index contributed by atoms with van der Waals surface area (Å²) in [7, 11) is 1.34. The van der Waals surface area contributed by atoms with E-state index in [1.165, 1.54) is 13.3 Å². The average Bonchev–Trinajstić information content (AvgIpc) is 2.60. The van der Waals surface area contributed by atoms with Crippen molar-refractivity contribution in [1.29, 1.82) is 0 Å². The van der Waals surface area contributed by atoms with Crippen LogP contribution in [0.5, 0.6) is 5.88 Å². The quantitative estimate of drug-likeness (QED) is 0.602. The van der Waals surface area contributed by atoms with Gasteiger partial charge < -0.3 is 19.5 Å². The number of hydrogen-bond acceptors (Lipinski definition) is 6. The van der Waals surface area contributed by atoms with Crippen LogP contribution in [0.4, 0.5) is 0 Å². The molecule has 0 aromatic carbocycles. The van der Waals surface area contributed by atoms with Gasteiger partial charge in [-0.25, -0.2) is 4.98 Å². The van der Waals surface area contributed by atoms with Crippen molar-refractivity contribution in [3.05, 3.63) is 23.9 Å². The standard InChI is InChI=1S/C16H22N2O5/c1-21-15(19)3-2-8-17-16(20)12-4-5-14(18-11-12)23-13-6-9-22-10-7-13/h4-5,11,13H,2-3,6-10H2,1H3,(H,17,20). The molecule has 2 heterocycles. The maximum absolute atomic E-state index is 11.9. The Morgan fingerprint density at radius 2 is 2.13 bits per heavy atom. The summed E-state index contributed by atoms with van der Waals surface area (Å²) in [5.41, 5.74) is 0.461. The molecule has 7 nitrogen and oxygen atoms in total. The Morgan fingerprint density at radius 1 is 1.35 bits per heavy atom. The zero-order valence-corrected chi connectivity index (χ0v) is 13.2. The van der Waals surface area contributed by atoms with E-state index in [2.05, 4.69) is 15.0 Å². The van der Waals surface area contributed by atoms with E-state index in [-0.39, 0.29) is 24.4 Å². The van der Waals surface area contributed by atoms with Crippen molar-refractivity contribution in [1.82, 2.24) is 10.3 Å². The van der Waals surface area contributed by atoms with Gasteiger partial charge in [-0.15, -0.1) is 0 Å². The minimum atomic E-state index is -0.282. The van der Waals surface area contributed by atoms with E-state index in [9.17, 15) is 9.59 Å². The first-order valence-corrected chi connectivity index (χ1v) is 7.74. The largest absolute Gasteiger partial charge is 0.474 e. The van der Waals surface area contributed by atoms with Crippen molar-refractivity contribution in [3.63, 3.8) is 0 Å². The highest BCUT2D eigenvalue weighted by atomic mass is 16.5. The van der Waals surface area contributed by atoms with Crippen molar-refractivity contribution >= 4 is 11.9 Å². The lowest BCUT2D eigenvalue weighted by atomic mass is 10.1. The van der Waals surface area contributed by atoms with Crippen molar-refractivity contribution < 1.29 is 23.8 Å². The van der Waals surface area contributed by atoms with Gasteiger partial charge in [-0.1, -0.05) is 0 Å². The first kappa shape index (κ1) is 17.2. The number of methoxy groups -OCH3 is 1. The van der Waals surface area contributed by atoms with Gasteiger partial charge in [0, 0.05) is 38.1 Å². The second-order valence-electron chi connectivity index (χ2n) is 5.25. The first-order valence-electron chi connectivity index (χ1n) is 7.74. The van der Waals surface area contributed by atoms with Crippen LogP contribution < -0.4 is 10.1 Å². The van der Waals surface area contributed by atoms with E-state index in [4.69, 9.17) is 9.47 Å². The third-order valence-corrected chi connectivity index (χ3v) is 3.53. The Balaban J connectivity index is 1.74. The third-order valence-electron chi connectivity index (χ3n) is 3.53. The summed E-state index contributed by atoms with van der Waals surface area (Å²) in [5.74, 6) is 0.00894. The van der Waals surface area contributed by atoms with Crippen LogP contribution in [-0.4, -0.2) is 49.8 Å². The monoisotopic (exact) mass is 322 g/mol. The van der Waals surface area contributed by atoms with Crippen LogP contribution in [-0.2, 0) is 14.3 Å². The van der Waals surface area contributed by atoms with Gasteiger partial charge >= 0.3 is 5.97 Å². The van der Waals surface area contributed by atoms with Gasteiger partial charge in [0.2, 0.25) is 5.88 Å². The van der Waals surface area contributed by atoms with Gasteiger partial charge in [0.1, 0.15) is 6.10 Å². The van der Waals surface area contributed by atoms with Gasteiger partial charge in [0.25, 0.3) is 5.91 Å². The van der Waals surface area contributed by atoms with Crippen LogP contribution in [0.25, 0.3) is 0 Å². The Morgan fingerprint density at radius 3 is 2.78 bits per heavy atom. The fourth-order valence-corrected chi connectivity index (χ4v) is 2.19. The molecular formula is C16H22N2O5. The van der Waals surface area contributed by atoms with Crippen LogP contribution in [0.1, 0.15) is 36.0 Å². The third kappa shape index (κ3) is 5.86. The number of ether oxygens (including phenoxy) is 3. The summed E-state index contributed by atoms with van der Waals surface area (Å²) < 4.78 is 15.6. The van der Waals surface area contributed by atoms with E-state index in [0.29, 0.717) is 37.6 Å². The van der Waals surface area contributed by atoms with Gasteiger partial charge in [0.05, 0.1) is 25.9 Å². The van der Waals surface area contributed by atoms with Crippen LogP contribution >= 0.6 is 0 Å². The summed E-state index contributed by atoms with van der Waals surface area (Å²) in [6, 6.07) is 3.37. The molecule has 0 spiro atoms. The van der Waals surface area contributed by atoms with Crippen molar-refractivity contribution in [2.75, 3.05) is 26.9 Å². The van der Waals surface area contributed by atoms with Crippen LogP contribution in [0.3, 0.4) is 0 Å². The number of nitrogens with zero attached hydrogens (tertiary/aromatic N) is 1. The fraction of sp³-hybridized carbons (Fsp3) is 0.562. The van der Waals surface area contributed by atoms with E-state index in [1.807, 2.05) is 0 Å². The highest BCUT2D eigenvalue weighted by molar-refractivity contribution is 5.93. The second kappa shape index (κ2) is 9.09. The molecule has 1 fully saturated rings. The average molecular weight is 322 g/mol. The molecule has 126 valence electrons. The molecule has 0 saturated carbocycles. The molecule has 0 aliphatic carbocycles. The summed E-state index contributed by atoms with van der Waals surface area (Å²) in [6.45, 7) is 1.82. The topological polar surface area (TPSA) is 86.8 Å². The molecule has 1 amide bonds. The summed E-state index contributed by atoms with van der Waals surface area (Å²) >= 11 is 0. The van der Waals surface area contributed by atoms with Crippen LogP contribution in [0, 0.1) is 0 Å². The molecule has 0 bridgehead atoms. The molecule has 23 heavy (non-hydrogen) atoms. The molecule has 1 saturated heterocycles. The van der Waals surface area contributed by atoms with Crippen molar-refractivity contribution in [3.8, 4) is 5.88 Å². The Labute approximate surface area is 135 Å². The maximum atomic E-state index is 11.9. The highest BCUT2D eigenvalue weighted by Crippen LogP contribution is 2.15. The number of rotatable bonds is 7. The molecule has 1 aromatic heterocycles. The molecule has 1 aromatic rings. The summed E-state index contributed by atoms with van der Waals surface area (Å²) in [5, 5.41) is 2.74. The number of pyridine rings is 1. The van der Waals surface area contributed by atoms with E-state index in [0.717, 1.165) is 12.8 Å². The smallest absolute Gasteiger partial charge is 0.305 e. The molecule has 1 N–H and O–H groups in total. The molecule has 0 atom stereocenters. The van der Waals surface area contributed by atoms with Crippen molar-refractivity contribution in [2.24, 2.45) is 0 Å². The minimum Gasteiger partial charge on any atom is -0.474 e. The van der Waals surface area contributed by atoms with Gasteiger partial charge in [-0.05, 0) is 12.5 Å². The zero-order valence-electron chi connectivity index (χ0n) is 13.2. The molecule has 0 unspecified atom stereocenters. The van der Waals surface area contributed by atoms with Crippen LogP contribution in [0.2, 0.25) is 0 Å². The predicted molar refractivity (Wildman–Crippen MR) is 82.3 cm³/mol. The van der Waals surface area contributed by atoms with E-state index >= 15 is 0 Å². The Hall–Kier alpha value is -2.15. The van der Waals surface area contributed by atoms with Gasteiger partial charge in [0.15, 0.2) is 0 Å². The second-order valence-corrected chi connectivity index (χ2v) is 5.25. The molecule has 1 aliphatic rings.